The molecule has 4 heterocycles. The van der Waals surface area contributed by atoms with Gasteiger partial charge in [-0.1, -0.05) is 30.9 Å². The Morgan fingerprint density at radius 2 is 1.92 bits per heavy atom. The Balaban J connectivity index is 1.46. The molecule has 51 heavy (non-hydrogen) atoms. The van der Waals surface area contributed by atoms with Crippen molar-refractivity contribution in [1.29, 1.82) is 0 Å². The van der Waals surface area contributed by atoms with Crippen LogP contribution in [0.4, 0.5) is 14.6 Å². The fourth-order valence-electron chi connectivity index (χ4n) is 7.01. The highest BCUT2D eigenvalue weighted by molar-refractivity contribution is 6.22. The van der Waals surface area contributed by atoms with E-state index in [0.717, 1.165) is 29.7 Å². The first-order valence-corrected chi connectivity index (χ1v) is 17.2. The van der Waals surface area contributed by atoms with Gasteiger partial charge in [0.15, 0.2) is 0 Å². The number of nitrogens with zero attached hydrogens (tertiary/aromatic N) is 5. The Kier molecular flexibility index (Phi) is 10.8. The molecule has 6 rings (SSSR count). The molecular weight excluding hydrogens is 688 g/mol. The second kappa shape index (κ2) is 15.0. The molecule has 1 aliphatic carbocycles. The molecule has 3 aliphatic rings. The average Bonchev–Trinajstić information content (AvgIpc) is 3.25. The predicted octanol–water partition coefficient (Wildman–Crippen LogP) is 4.73. The number of pyridine rings is 1. The van der Waals surface area contributed by atoms with Crippen LogP contribution in [-0.2, 0) is 11.2 Å². The van der Waals surface area contributed by atoms with Gasteiger partial charge < -0.3 is 39.9 Å². The van der Waals surface area contributed by atoms with Crippen molar-refractivity contribution in [2.75, 3.05) is 24.5 Å². The van der Waals surface area contributed by atoms with Gasteiger partial charge in [-0.05, 0) is 68.7 Å². The molecule has 0 spiro atoms. The number of hydrogen-bond acceptors (Lipinski definition) is 12. The van der Waals surface area contributed by atoms with E-state index >= 15 is 4.39 Å². The lowest BCUT2D eigenvalue weighted by atomic mass is 9.84. The Hall–Kier alpha value is -3.94. The molecule has 4 unspecified atom stereocenters. The number of likely N-dealkylation sites (tertiary alicyclic amines) is 1. The van der Waals surface area contributed by atoms with Gasteiger partial charge in [0, 0.05) is 48.9 Å². The molecule has 4 atom stereocenters. The summed E-state index contributed by atoms with van der Waals surface area (Å²) in [6.07, 6.45) is 0.653. The van der Waals surface area contributed by atoms with Crippen LogP contribution in [-0.4, -0.2) is 89.2 Å². The number of benzene rings is 1. The number of hydrogen-bond donors (Lipinski definition) is 5. The third-order valence-electron chi connectivity index (χ3n) is 9.65. The second-order valence-corrected chi connectivity index (χ2v) is 13.5. The number of alkyl halides is 1. The number of allylic oxidation sites excluding steroid dienone is 2. The van der Waals surface area contributed by atoms with Crippen LogP contribution in [0.2, 0.25) is 0 Å². The smallest absolute Gasteiger partial charge is 0.345 e. The van der Waals surface area contributed by atoms with Crippen LogP contribution in [0.5, 0.6) is 11.8 Å². The van der Waals surface area contributed by atoms with Crippen LogP contribution in [0.25, 0.3) is 27.7 Å². The molecule has 2 aromatic heterocycles. The number of ether oxygens (including phenoxy) is 2. The minimum absolute atomic E-state index is 0.0174. The molecule has 0 radical (unpaired) electrons. The monoisotopic (exact) mass is 727 g/mol. The summed E-state index contributed by atoms with van der Waals surface area (Å²) >= 11 is 7.01. The number of phenols is 1. The van der Waals surface area contributed by atoms with Crippen molar-refractivity contribution >= 4 is 33.9 Å². The number of aliphatic hydroxyl groups excluding tert-OH is 1. The van der Waals surface area contributed by atoms with E-state index in [9.17, 15) is 29.9 Å². The molecule has 2 saturated heterocycles. The first-order valence-electron chi connectivity index (χ1n) is 16.8. The molecule has 272 valence electrons. The van der Waals surface area contributed by atoms with Crippen molar-refractivity contribution in [2.24, 2.45) is 5.92 Å². The standard InChI is InChI=1S/C36H40ClF2N5O7/c1-4-7-24-27(39)10-9-21-14-23(45)15-25(29(21)24)30-20(3)31-26(17-40-30)33(44-12-6-5-8-19(2)32(44)37)42-34(41-31)51-35(46)50-28-18-43(36(47,48)49)13-11-22(28)16-38/h14-17,19,28,32,35,45-49H,5-6,8-13,18H2,1-3H3/b22-16+. The van der Waals surface area contributed by atoms with Gasteiger partial charge in [-0.25, -0.2) is 13.7 Å². The van der Waals surface area contributed by atoms with Crippen molar-refractivity contribution in [3.8, 4) is 34.9 Å². The number of fused-ring (bicyclic) bond motifs is 2. The van der Waals surface area contributed by atoms with Crippen LogP contribution in [0, 0.1) is 24.7 Å². The number of piperidine rings is 1. The Bertz CT molecular complexity index is 1940. The maximum absolute atomic E-state index is 15.2. The largest absolute Gasteiger partial charge is 0.508 e. The number of halogens is 3. The van der Waals surface area contributed by atoms with E-state index in [0.29, 0.717) is 58.4 Å². The Morgan fingerprint density at radius 1 is 1.14 bits per heavy atom. The zero-order valence-electron chi connectivity index (χ0n) is 28.4. The van der Waals surface area contributed by atoms with Gasteiger partial charge >= 0.3 is 18.6 Å². The van der Waals surface area contributed by atoms with Gasteiger partial charge in [0.1, 0.15) is 29.0 Å². The van der Waals surface area contributed by atoms with Crippen molar-refractivity contribution in [3.63, 3.8) is 0 Å². The molecule has 2 fully saturated rings. The van der Waals surface area contributed by atoms with E-state index in [4.69, 9.17) is 26.1 Å². The Morgan fingerprint density at radius 3 is 2.65 bits per heavy atom. The lowest BCUT2D eigenvalue weighted by Crippen LogP contribution is -2.55. The van der Waals surface area contributed by atoms with Crippen molar-refractivity contribution in [3.05, 3.63) is 52.7 Å². The summed E-state index contributed by atoms with van der Waals surface area (Å²) in [5.74, 6) is 5.79. The molecule has 3 aromatic rings. The fourth-order valence-corrected chi connectivity index (χ4v) is 7.32. The summed E-state index contributed by atoms with van der Waals surface area (Å²) in [7, 11) is 0. The molecule has 1 aromatic carbocycles. The molecule has 5 N–H and O–H groups in total. The van der Waals surface area contributed by atoms with Gasteiger partial charge in [-0.3, -0.25) is 4.98 Å². The topological polar surface area (TPSA) is 165 Å². The molecule has 0 amide bonds. The minimum Gasteiger partial charge on any atom is -0.508 e. The van der Waals surface area contributed by atoms with Gasteiger partial charge in [0.2, 0.25) is 0 Å². The van der Waals surface area contributed by atoms with Gasteiger partial charge in [-0.2, -0.15) is 9.97 Å². The highest BCUT2D eigenvalue weighted by Gasteiger charge is 2.38. The number of anilines is 1. The van der Waals surface area contributed by atoms with Crippen molar-refractivity contribution < 1.29 is 43.8 Å². The molecule has 12 nitrogen and oxygen atoms in total. The average molecular weight is 728 g/mol. The number of aryl methyl sites for hydroxylation is 2. The van der Waals surface area contributed by atoms with Crippen LogP contribution in [0.3, 0.4) is 0 Å². The number of rotatable bonds is 7. The minimum atomic E-state index is -3.18. The van der Waals surface area contributed by atoms with Crippen molar-refractivity contribution in [2.45, 2.75) is 83.5 Å². The fraction of sp³-hybridized carbons (Fsp3) is 0.472. The lowest BCUT2D eigenvalue weighted by Gasteiger charge is -2.38. The van der Waals surface area contributed by atoms with Crippen LogP contribution in [0.1, 0.15) is 62.6 Å². The predicted molar refractivity (Wildman–Crippen MR) is 185 cm³/mol. The summed E-state index contributed by atoms with van der Waals surface area (Å²) < 4.78 is 40.2. The highest BCUT2D eigenvalue weighted by atomic mass is 35.5. The third kappa shape index (κ3) is 7.52. The summed E-state index contributed by atoms with van der Waals surface area (Å²) in [6, 6.07) is 2.80. The van der Waals surface area contributed by atoms with E-state index in [1.54, 1.807) is 26.1 Å². The molecular formula is C36H40ClF2N5O7. The van der Waals surface area contributed by atoms with E-state index in [1.165, 1.54) is 6.07 Å². The normalized spacial score (nSPS) is 23.1. The molecule has 15 heteroatoms. The second-order valence-electron chi connectivity index (χ2n) is 13.1. The maximum atomic E-state index is 15.2. The lowest BCUT2D eigenvalue weighted by molar-refractivity contribution is -0.399. The SMILES string of the molecule is CC#CC1=C(F)CCc2cc(O)cc(-c3ncc4c(N5CCCCC(C)C5Cl)nc(OC(O)OC5CN(C(O)(O)O)CC/C5=C\F)nc4c3C)c21. The van der Waals surface area contributed by atoms with Crippen LogP contribution in [0.15, 0.2) is 36.1 Å². The van der Waals surface area contributed by atoms with Crippen molar-refractivity contribution in [1.82, 2.24) is 19.9 Å². The van der Waals surface area contributed by atoms with Gasteiger partial charge in [0.25, 0.3) is 0 Å². The number of aliphatic hydroxyl groups is 4. The number of phenolic OH excluding ortho intramolecular Hbond substituents is 1. The van der Waals surface area contributed by atoms with Gasteiger partial charge in [-0.15, -0.1) is 5.92 Å². The molecule has 2 aliphatic heterocycles. The summed E-state index contributed by atoms with van der Waals surface area (Å²) in [5, 5.41) is 51.2. The number of aromatic hydroxyl groups is 1. The zero-order chi connectivity index (χ0) is 36.6. The van der Waals surface area contributed by atoms with E-state index in [-0.39, 0.29) is 60.6 Å². The Labute approximate surface area is 298 Å². The summed E-state index contributed by atoms with van der Waals surface area (Å²) in [4.78, 5) is 16.8. The highest BCUT2D eigenvalue weighted by Crippen LogP contribution is 2.43. The summed E-state index contributed by atoms with van der Waals surface area (Å²) in [5.41, 5.74) is 2.90. The van der Waals surface area contributed by atoms with Gasteiger partial charge in [0.05, 0.1) is 28.5 Å². The molecule has 0 saturated carbocycles. The van der Waals surface area contributed by atoms with E-state index < -0.39 is 24.2 Å². The van der Waals surface area contributed by atoms with E-state index in [1.807, 2.05) is 11.8 Å². The number of aromatic nitrogens is 3. The quantitative estimate of drug-likeness (QED) is 0.0985. The van der Waals surface area contributed by atoms with Crippen LogP contribution < -0.4 is 9.64 Å². The third-order valence-corrected chi connectivity index (χ3v) is 10.3. The van der Waals surface area contributed by atoms with E-state index in [2.05, 4.69) is 21.8 Å². The maximum Gasteiger partial charge on any atom is 0.345 e. The first kappa shape index (κ1) is 36.8. The summed E-state index contributed by atoms with van der Waals surface area (Å²) in [6.45, 7) is 3.47. The zero-order valence-corrected chi connectivity index (χ0v) is 29.2. The molecule has 0 bridgehead atoms. The first-order chi connectivity index (χ1) is 24.3. The van der Waals surface area contributed by atoms with Crippen LogP contribution >= 0.6 is 11.6 Å².